The number of allylic oxidation sites excluding steroid dienone is 1. The normalized spacial score (nSPS) is 16.0. The van der Waals surface area contributed by atoms with Crippen LogP contribution in [0.2, 0.25) is 0 Å². The molecule has 0 saturated heterocycles. The summed E-state index contributed by atoms with van der Waals surface area (Å²) in [6.45, 7) is 1.76. The minimum atomic E-state index is -0.461. The van der Waals surface area contributed by atoms with Crippen molar-refractivity contribution < 1.29 is 9.47 Å². The van der Waals surface area contributed by atoms with Crippen LogP contribution in [0, 0.1) is 29.6 Å². The van der Waals surface area contributed by atoms with Crippen LogP contribution in [-0.2, 0) is 0 Å². The number of hydrogen-bond acceptors (Lipinski definition) is 6. The van der Waals surface area contributed by atoms with Crippen molar-refractivity contribution in [2.24, 2.45) is 5.73 Å². The molecule has 7 nitrogen and oxygen atoms in total. The van der Waals surface area contributed by atoms with Crippen LogP contribution >= 0.6 is 0 Å². The number of hydrogen-bond donors (Lipinski definition) is 2. The van der Waals surface area contributed by atoms with Gasteiger partial charge in [-0.25, -0.2) is 0 Å². The van der Waals surface area contributed by atoms with E-state index in [1.807, 2.05) is 25.1 Å². The van der Waals surface area contributed by atoms with Gasteiger partial charge in [-0.2, -0.15) is 10.5 Å². The fourth-order valence-corrected chi connectivity index (χ4v) is 2.67. The van der Waals surface area contributed by atoms with Gasteiger partial charge in [0.05, 0.1) is 5.92 Å². The van der Waals surface area contributed by atoms with Gasteiger partial charge in [0.25, 0.3) is 0 Å². The summed E-state index contributed by atoms with van der Waals surface area (Å²) in [6.07, 6.45) is 0. The Bertz CT molecular complexity index is 869. The van der Waals surface area contributed by atoms with E-state index in [4.69, 9.17) is 20.5 Å². The third kappa shape index (κ3) is 2.34. The Balaban J connectivity index is 2.20. The molecule has 3 rings (SSSR count). The first-order chi connectivity index (χ1) is 11.2. The molecule has 1 aliphatic rings. The zero-order chi connectivity index (χ0) is 16.4. The van der Waals surface area contributed by atoms with Crippen molar-refractivity contribution in [2.45, 2.75) is 12.8 Å². The Kier molecular flexibility index (Phi) is 3.62. The van der Waals surface area contributed by atoms with E-state index in [0.717, 1.165) is 16.8 Å². The van der Waals surface area contributed by atoms with E-state index < -0.39 is 5.92 Å². The van der Waals surface area contributed by atoms with E-state index >= 15 is 0 Å². The highest BCUT2D eigenvalue weighted by atomic mass is 16.5. The third-order valence-corrected chi connectivity index (χ3v) is 3.65. The first-order valence-corrected chi connectivity index (χ1v) is 6.88. The van der Waals surface area contributed by atoms with Crippen molar-refractivity contribution in [3.63, 3.8) is 0 Å². The number of nitriles is 2. The molecule has 1 aliphatic heterocycles. The molecule has 0 aliphatic carbocycles. The fourth-order valence-electron chi connectivity index (χ4n) is 2.67. The topological polar surface area (TPSA) is 121 Å². The van der Waals surface area contributed by atoms with Crippen LogP contribution in [0.15, 0.2) is 35.7 Å². The van der Waals surface area contributed by atoms with Crippen molar-refractivity contribution in [3.05, 3.63) is 52.5 Å². The summed E-state index contributed by atoms with van der Waals surface area (Å²) in [5, 5.41) is 25.2. The lowest BCUT2D eigenvalue weighted by Gasteiger charge is -2.25. The minimum Gasteiger partial charge on any atom is -0.478 e. The van der Waals surface area contributed by atoms with E-state index in [9.17, 15) is 5.26 Å². The molecular weight excluding hydrogens is 294 g/mol. The minimum absolute atomic E-state index is 0.0200. The van der Waals surface area contributed by atoms with Gasteiger partial charge in [-0.15, -0.1) is 5.10 Å². The molecule has 1 aromatic carbocycles. The second-order valence-electron chi connectivity index (χ2n) is 4.98. The summed E-state index contributed by atoms with van der Waals surface area (Å²) in [4.78, 5) is 0. The summed E-state index contributed by atoms with van der Waals surface area (Å²) < 4.78 is 10.9. The van der Waals surface area contributed by atoms with Gasteiger partial charge in [0.1, 0.15) is 23.5 Å². The maximum absolute atomic E-state index is 9.52. The SMILES string of the molecule is Cc1[nH]nc2c1C(c1ccccc1OCC#N)C(C#N)=C(N)O2. The molecule has 0 saturated carbocycles. The number of nitrogens with zero attached hydrogens (tertiary/aromatic N) is 3. The number of ether oxygens (including phenoxy) is 2. The largest absolute Gasteiger partial charge is 0.478 e. The summed E-state index contributed by atoms with van der Waals surface area (Å²) in [6, 6.07) is 11.3. The molecule has 7 heteroatoms. The molecule has 0 fully saturated rings. The van der Waals surface area contributed by atoms with E-state index in [2.05, 4.69) is 16.3 Å². The maximum Gasteiger partial charge on any atom is 0.244 e. The maximum atomic E-state index is 9.52. The molecule has 0 spiro atoms. The van der Waals surface area contributed by atoms with Gasteiger partial charge in [-0.1, -0.05) is 18.2 Å². The number of aromatic nitrogens is 2. The van der Waals surface area contributed by atoms with Crippen molar-refractivity contribution in [3.8, 4) is 23.8 Å². The lowest BCUT2D eigenvalue weighted by molar-refractivity contribution is 0.358. The van der Waals surface area contributed by atoms with Crippen LogP contribution in [0.25, 0.3) is 0 Å². The molecule has 1 atom stereocenters. The van der Waals surface area contributed by atoms with Crippen LogP contribution in [0.5, 0.6) is 11.6 Å². The van der Waals surface area contributed by atoms with Gasteiger partial charge in [0.2, 0.25) is 11.8 Å². The molecule has 1 unspecified atom stereocenters. The molecule has 0 bridgehead atoms. The Morgan fingerprint density at radius 2 is 2.17 bits per heavy atom. The van der Waals surface area contributed by atoms with Crippen LogP contribution in [0.4, 0.5) is 0 Å². The predicted molar refractivity (Wildman–Crippen MR) is 80.2 cm³/mol. The number of rotatable bonds is 3. The first kappa shape index (κ1) is 14.5. The highest BCUT2D eigenvalue weighted by molar-refractivity contribution is 5.57. The number of aryl methyl sites for hydroxylation is 1. The second kappa shape index (κ2) is 5.74. The number of nitrogens with one attached hydrogen (secondary N) is 1. The summed E-state index contributed by atoms with van der Waals surface area (Å²) in [5.74, 6) is 0.427. The van der Waals surface area contributed by atoms with Gasteiger partial charge in [-0.3, -0.25) is 5.10 Å². The molecule has 3 N–H and O–H groups in total. The van der Waals surface area contributed by atoms with E-state index in [1.165, 1.54) is 0 Å². The third-order valence-electron chi connectivity index (χ3n) is 3.65. The molecule has 114 valence electrons. The van der Waals surface area contributed by atoms with Crippen LogP contribution in [0.1, 0.15) is 22.7 Å². The highest BCUT2D eigenvalue weighted by Gasteiger charge is 2.35. The van der Waals surface area contributed by atoms with Crippen molar-refractivity contribution in [2.75, 3.05) is 6.61 Å². The quantitative estimate of drug-likeness (QED) is 0.892. The fraction of sp³-hybridized carbons (Fsp3) is 0.188. The monoisotopic (exact) mass is 307 g/mol. The highest BCUT2D eigenvalue weighted by Crippen LogP contribution is 2.45. The number of benzene rings is 1. The van der Waals surface area contributed by atoms with Crippen LogP contribution in [0.3, 0.4) is 0 Å². The standard InChI is InChI=1S/C16H13N5O2/c1-9-13-14(10-4-2-3-5-12(10)22-7-6-17)11(8-18)15(19)23-16(13)21-20-9/h2-5,14H,7,19H2,1H3,(H,20,21). The smallest absolute Gasteiger partial charge is 0.244 e. The van der Waals surface area contributed by atoms with E-state index in [0.29, 0.717) is 11.6 Å². The van der Waals surface area contributed by atoms with Crippen molar-refractivity contribution >= 4 is 0 Å². The van der Waals surface area contributed by atoms with Gasteiger partial charge in [0.15, 0.2) is 6.61 Å². The van der Waals surface area contributed by atoms with Gasteiger partial charge >= 0.3 is 0 Å². The van der Waals surface area contributed by atoms with Crippen LogP contribution < -0.4 is 15.2 Å². The lowest BCUT2D eigenvalue weighted by Crippen LogP contribution is -2.21. The molecule has 2 heterocycles. The summed E-state index contributed by atoms with van der Waals surface area (Å²) in [7, 11) is 0. The molecule has 23 heavy (non-hydrogen) atoms. The van der Waals surface area contributed by atoms with Crippen molar-refractivity contribution in [1.29, 1.82) is 10.5 Å². The number of nitrogens with two attached hydrogens (primary N) is 1. The van der Waals surface area contributed by atoms with Gasteiger partial charge in [-0.05, 0) is 13.0 Å². The first-order valence-electron chi connectivity index (χ1n) is 6.88. The lowest BCUT2D eigenvalue weighted by atomic mass is 9.83. The van der Waals surface area contributed by atoms with E-state index in [1.54, 1.807) is 12.1 Å². The second-order valence-corrected chi connectivity index (χ2v) is 4.98. The average molecular weight is 307 g/mol. The number of fused-ring (bicyclic) bond motifs is 1. The summed E-state index contributed by atoms with van der Waals surface area (Å²) >= 11 is 0. The number of H-pyrrole nitrogens is 1. The predicted octanol–water partition coefficient (Wildman–Crippen LogP) is 1.84. The molecular formula is C16H13N5O2. The average Bonchev–Trinajstić information content (AvgIpc) is 2.92. The summed E-state index contributed by atoms with van der Waals surface area (Å²) in [5.41, 5.74) is 8.42. The van der Waals surface area contributed by atoms with Crippen molar-refractivity contribution in [1.82, 2.24) is 10.2 Å². The number of aromatic amines is 1. The molecule has 0 amide bonds. The Morgan fingerprint density at radius 3 is 2.91 bits per heavy atom. The zero-order valence-electron chi connectivity index (χ0n) is 12.3. The molecule has 0 radical (unpaired) electrons. The van der Waals surface area contributed by atoms with Gasteiger partial charge in [0, 0.05) is 16.8 Å². The molecule has 1 aromatic heterocycles. The van der Waals surface area contributed by atoms with E-state index in [-0.39, 0.29) is 18.1 Å². The Hall–Kier alpha value is -3.45. The number of para-hydroxylation sites is 1. The Labute approximate surface area is 132 Å². The van der Waals surface area contributed by atoms with Gasteiger partial charge < -0.3 is 15.2 Å². The Morgan fingerprint density at radius 1 is 1.39 bits per heavy atom. The zero-order valence-corrected chi connectivity index (χ0v) is 12.3. The van der Waals surface area contributed by atoms with Crippen LogP contribution in [-0.4, -0.2) is 16.8 Å². The molecule has 2 aromatic rings.